The summed E-state index contributed by atoms with van der Waals surface area (Å²) in [5, 5.41) is 5.70. The van der Waals surface area contributed by atoms with Gasteiger partial charge in [-0.2, -0.15) is 0 Å². The van der Waals surface area contributed by atoms with Crippen molar-refractivity contribution in [1.29, 1.82) is 0 Å². The average molecular weight is 235 g/mol. The van der Waals surface area contributed by atoms with E-state index in [1.54, 1.807) is 11.3 Å². The molecule has 2 aromatic rings. The molecule has 1 saturated carbocycles. The van der Waals surface area contributed by atoms with Gasteiger partial charge >= 0.3 is 0 Å². The van der Waals surface area contributed by atoms with E-state index in [2.05, 4.69) is 39.4 Å². The van der Waals surface area contributed by atoms with Crippen molar-refractivity contribution in [2.75, 3.05) is 0 Å². The van der Waals surface area contributed by atoms with Crippen molar-refractivity contribution in [3.63, 3.8) is 0 Å². The van der Waals surface area contributed by atoms with Gasteiger partial charge in [-0.1, -0.05) is 6.92 Å². The monoisotopic (exact) mass is 235 g/mol. The summed E-state index contributed by atoms with van der Waals surface area (Å²) in [6, 6.07) is 0.694. The number of nitrogens with one attached hydrogen (secondary N) is 1. The molecule has 1 N–H and O–H groups in total. The highest BCUT2D eigenvalue weighted by Crippen LogP contribution is 2.33. The van der Waals surface area contributed by atoms with Crippen molar-refractivity contribution in [3.8, 4) is 0 Å². The molecule has 1 unspecified atom stereocenters. The number of aromatic nitrogens is 2. The number of thiazole rings is 1. The average Bonchev–Trinajstić information content (AvgIpc) is 2.88. The normalized spacial score (nSPS) is 18.1. The van der Waals surface area contributed by atoms with E-state index in [0.29, 0.717) is 6.04 Å². The number of nitrogens with zero attached hydrogens (tertiary/aromatic N) is 2. The fraction of sp³-hybridized carbons (Fsp3) is 0.583. The van der Waals surface area contributed by atoms with Crippen molar-refractivity contribution in [1.82, 2.24) is 14.7 Å². The van der Waals surface area contributed by atoms with Crippen LogP contribution in [0.5, 0.6) is 0 Å². The van der Waals surface area contributed by atoms with Crippen molar-refractivity contribution in [2.45, 2.75) is 38.8 Å². The summed E-state index contributed by atoms with van der Waals surface area (Å²) in [5.41, 5.74) is 1.16. The molecule has 1 aliphatic rings. The van der Waals surface area contributed by atoms with Gasteiger partial charge in [-0.3, -0.25) is 4.40 Å². The third-order valence-electron chi connectivity index (χ3n) is 3.32. The molecule has 0 amide bonds. The van der Waals surface area contributed by atoms with Crippen LogP contribution in [0.25, 0.3) is 4.96 Å². The summed E-state index contributed by atoms with van der Waals surface area (Å²) < 4.78 is 2.10. The van der Waals surface area contributed by atoms with Gasteiger partial charge in [0.1, 0.15) is 0 Å². The Kier molecular flexibility index (Phi) is 2.69. The van der Waals surface area contributed by atoms with Crippen LogP contribution in [0.4, 0.5) is 0 Å². The van der Waals surface area contributed by atoms with Crippen LogP contribution in [-0.2, 0) is 6.54 Å². The summed E-state index contributed by atoms with van der Waals surface area (Å²) in [5.74, 6) is 0.925. The quantitative estimate of drug-likeness (QED) is 0.863. The molecule has 16 heavy (non-hydrogen) atoms. The molecule has 0 saturated heterocycles. The molecular formula is C12H17N3S. The van der Waals surface area contributed by atoms with Gasteiger partial charge in [-0.25, -0.2) is 4.98 Å². The minimum Gasteiger partial charge on any atom is -0.308 e. The molecule has 1 fully saturated rings. The highest BCUT2D eigenvalue weighted by atomic mass is 32.1. The largest absolute Gasteiger partial charge is 0.308 e. The number of rotatable bonds is 5. The van der Waals surface area contributed by atoms with E-state index in [1.165, 1.54) is 19.3 Å². The minimum absolute atomic E-state index is 0.694. The van der Waals surface area contributed by atoms with E-state index in [1.807, 2.05) is 0 Å². The summed E-state index contributed by atoms with van der Waals surface area (Å²) in [7, 11) is 0. The molecule has 4 heteroatoms. The summed E-state index contributed by atoms with van der Waals surface area (Å²) >= 11 is 1.69. The van der Waals surface area contributed by atoms with Crippen molar-refractivity contribution in [2.24, 2.45) is 5.92 Å². The van der Waals surface area contributed by atoms with E-state index >= 15 is 0 Å². The lowest BCUT2D eigenvalue weighted by atomic mass is 10.1. The molecule has 2 aromatic heterocycles. The highest BCUT2D eigenvalue weighted by molar-refractivity contribution is 7.15. The van der Waals surface area contributed by atoms with Gasteiger partial charge in [0.2, 0.25) is 0 Å². The van der Waals surface area contributed by atoms with Crippen LogP contribution in [0.15, 0.2) is 17.8 Å². The Balaban J connectivity index is 1.63. The lowest BCUT2D eigenvalue weighted by Gasteiger charge is -2.14. The molecule has 0 bridgehead atoms. The van der Waals surface area contributed by atoms with Gasteiger partial charge in [-0.05, 0) is 25.2 Å². The van der Waals surface area contributed by atoms with E-state index in [4.69, 9.17) is 0 Å². The van der Waals surface area contributed by atoms with Gasteiger partial charge in [0.05, 0.1) is 5.69 Å². The first-order valence-electron chi connectivity index (χ1n) is 6.01. The fourth-order valence-corrected chi connectivity index (χ4v) is 2.96. The van der Waals surface area contributed by atoms with Gasteiger partial charge in [-0.15, -0.1) is 11.3 Å². The maximum absolute atomic E-state index is 4.58. The van der Waals surface area contributed by atoms with E-state index in [-0.39, 0.29) is 0 Å². The molecule has 0 spiro atoms. The number of hydrogen-bond donors (Lipinski definition) is 1. The van der Waals surface area contributed by atoms with Crippen molar-refractivity contribution >= 4 is 16.3 Å². The van der Waals surface area contributed by atoms with Crippen LogP contribution in [-0.4, -0.2) is 15.4 Å². The number of hydrogen-bond acceptors (Lipinski definition) is 3. The summed E-state index contributed by atoms with van der Waals surface area (Å²) in [6.07, 6.45) is 8.23. The lowest BCUT2D eigenvalue weighted by molar-refractivity contribution is 0.447. The predicted octanol–water partition coefficient (Wildman–Crippen LogP) is 2.67. The van der Waals surface area contributed by atoms with Crippen LogP contribution >= 0.6 is 11.3 Å². The summed E-state index contributed by atoms with van der Waals surface area (Å²) in [4.78, 5) is 5.67. The fourth-order valence-electron chi connectivity index (χ4n) is 2.24. The molecule has 0 aromatic carbocycles. The van der Waals surface area contributed by atoms with Gasteiger partial charge < -0.3 is 5.32 Å². The SMILES string of the molecule is CCC(NCc1cn2ccsc2n1)C1CC1. The van der Waals surface area contributed by atoms with Crippen molar-refractivity contribution in [3.05, 3.63) is 23.5 Å². The molecular weight excluding hydrogens is 218 g/mol. The molecule has 0 aliphatic heterocycles. The van der Waals surface area contributed by atoms with Crippen LogP contribution in [0.3, 0.4) is 0 Å². The Morgan fingerprint density at radius 2 is 2.50 bits per heavy atom. The Bertz CT molecular complexity index is 441. The van der Waals surface area contributed by atoms with Gasteiger partial charge in [0, 0.05) is 30.4 Å². The van der Waals surface area contributed by atoms with Crippen molar-refractivity contribution < 1.29 is 0 Å². The molecule has 3 nitrogen and oxygen atoms in total. The second-order valence-corrected chi connectivity index (χ2v) is 5.43. The zero-order valence-corrected chi connectivity index (χ0v) is 10.3. The molecule has 86 valence electrons. The topological polar surface area (TPSA) is 29.3 Å². The minimum atomic E-state index is 0.694. The standard InChI is InChI=1S/C12H17N3S/c1-2-11(9-3-4-9)13-7-10-8-15-5-6-16-12(15)14-10/h5-6,8-9,11,13H,2-4,7H2,1H3. The Morgan fingerprint density at radius 3 is 3.19 bits per heavy atom. The number of fused-ring (bicyclic) bond motifs is 1. The smallest absolute Gasteiger partial charge is 0.193 e. The van der Waals surface area contributed by atoms with Gasteiger partial charge in [0.25, 0.3) is 0 Å². The van der Waals surface area contributed by atoms with Crippen LogP contribution < -0.4 is 5.32 Å². The van der Waals surface area contributed by atoms with Crippen LogP contribution in [0.2, 0.25) is 0 Å². The second-order valence-electron chi connectivity index (χ2n) is 4.56. The third-order valence-corrected chi connectivity index (χ3v) is 4.09. The van der Waals surface area contributed by atoms with E-state index < -0.39 is 0 Å². The predicted molar refractivity (Wildman–Crippen MR) is 66.7 cm³/mol. The molecule has 0 radical (unpaired) electrons. The summed E-state index contributed by atoms with van der Waals surface area (Å²) in [6.45, 7) is 3.17. The first kappa shape index (κ1) is 10.3. The second kappa shape index (κ2) is 4.18. The van der Waals surface area contributed by atoms with Gasteiger partial charge in [0.15, 0.2) is 4.96 Å². The third kappa shape index (κ3) is 1.99. The van der Waals surface area contributed by atoms with E-state index in [0.717, 1.165) is 23.1 Å². The maximum Gasteiger partial charge on any atom is 0.193 e. The first-order valence-corrected chi connectivity index (χ1v) is 6.89. The molecule has 2 heterocycles. The Morgan fingerprint density at radius 1 is 1.62 bits per heavy atom. The maximum atomic E-state index is 4.58. The Labute approximate surface area is 99.5 Å². The van der Waals surface area contributed by atoms with Crippen LogP contribution in [0.1, 0.15) is 31.9 Å². The molecule has 1 atom stereocenters. The zero-order valence-electron chi connectivity index (χ0n) is 9.52. The zero-order chi connectivity index (χ0) is 11.0. The highest BCUT2D eigenvalue weighted by Gasteiger charge is 2.29. The number of imidazole rings is 1. The molecule has 3 rings (SSSR count). The lowest BCUT2D eigenvalue weighted by Crippen LogP contribution is -2.29. The molecule has 1 aliphatic carbocycles. The Hall–Kier alpha value is -0.870. The van der Waals surface area contributed by atoms with Crippen LogP contribution in [0, 0.1) is 5.92 Å². The first-order chi connectivity index (χ1) is 7.86. The van der Waals surface area contributed by atoms with E-state index in [9.17, 15) is 0 Å².